The molecule has 0 fully saturated rings. The van der Waals surface area contributed by atoms with Crippen molar-refractivity contribution < 1.29 is 13.4 Å². The predicted octanol–water partition coefficient (Wildman–Crippen LogP) is 3.68. The van der Waals surface area contributed by atoms with Gasteiger partial charge in [0.15, 0.2) is 0 Å². The lowest BCUT2D eigenvalue weighted by Crippen LogP contribution is -2.40. The minimum Gasteiger partial charge on any atom is -0.598 e. The number of hydrogen-bond donors (Lipinski definition) is 1. The van der Waals surface area contributed by atoms with Crippen molar-refractivity contribution in [3.05, 3.63) is 35.8 Å². The van der Waals surface area contributed by atoms with E-state index in [1.54, 1.807) is 18.2 Å². The monoisotopic (exact) mass is 283 g/mol. The second-order valence-electron chi connectivity index (χ2n) is 5.52. The molecule has 19 heavy (non-hydrogen) atoms. The van der Waals surface area contributed by atoms with Crippen molar-refractivity contribution in [1.82, 2.24) is 4.72 Å². The number of furan rings is 1. The minimum atomic E-state index is -1.20. The summed E-state index contributed by atoms with van der Waals surface area (Å²) >= 11 is -1.20. The number of hydrogen-bond acceptors (Lipinski definition) is 3. The zero-order valence-electron chi connectivity index (χ0n) is 11.5. The lowest BCUT2D eigenvalue weighted by atomic mass is 10.2. The average Bonchev–Trinajstić information content (AvgIpc) is 2.73. The molecule has 0 saturated carbocycles. The minimum absolute atomic E-state index is 0.244. The molecule has 3 nitrogen and oxygen atoms in total. The fraction of sp³-hybridized carbons (Fsp3) is 0.429. The highest BCUT2D eigenvalue weighted by Crippen LogP contribution is 2.27. The molecule has 0 aliphatic heterocycles. The fourth-order valence-corrected chi connectivity index (χ4v) is 2.44. The Morgan fingerprint density at radius 2 is 2.05 bits per heavy atom. The van der Waals surface area contributed by atoms with E-state index in [-0.39, 0.29) is 16.6 Å². The van der Waals surface area contributed by atoms with Gasteiger partial charge in [-0.1, -0.05) is 6.07 Å². The van der Waals surface area contributed by atoms with E-state index in [1.807, 2.05) is 27.7 Å². The average molecular weight is 283 g/mol. The molecule has 104 valence electrons. The van der Waals surface area contributed by atoms with Crippen molar-refractivity contribution in [2.45, 2.75) is 38.5 Å². The Morgan fingerprint density at radius 1 is 1.37 bits per heavy atom. The molecule has 0 aliphatic carbocycles. The maximum absolute atomic E-state index is 13.6. The highest BCUT2D eigenvalue weighted by molar-refractivity contribution is 7.90. The third-order valence-corrected chi connectivity index (χ3v) is 4.47. The zero-order chi connectivity index (χ0) is 14.2. The van der Waals surface area contributed by atoms with E-state index in [2.05, 4.69) is 4.72 Å². The number of rotatable bonds is 3. The van der Waals surface area contributed by atoms with Crippen LogP contribution in [0.2, 0.25) is 0 Å². The Balaban J connectivity index is 2.22. The molecule has 1 N–H and O–H groups in total. The van der Waals surface area contributed by atoms with Gasteiger partial charge in [0.2, 0.25) is 0 Å². The van der Waals surface area contributed by atoms with Crippen LogP contribution in [0, 0.1) is 5.82 Å². The number of fused-ring (bicyclic) bond motifs is 1. The van der Waals surface area contributed by atoms with Crippen molar-refractivity contribution in [3.63, 3.8) is 0 Å². The topological polar surface area (TPSA) is 48.2 Å². The van der Waals surface area contributed by atoms with E-state index in [1.165, 1.54) is 6.07 Å². The van der Waals surface area contributed by atoms with Gasteiger partial charge in [0, 0.05) is 11.4 Å². The lowest BCUT2D eigenvalue weighted by molar-refractivity contribution is 0.475. The van der Waals surface area contributed by atoms with Crippen molar-refractivity contribution in [1.29, 1.82) is 0 Å². The lowest BCUT2D eigenvalue weighted by Gasteiger charge is -2.25. The first-order valence-corrected chi connectivity index (χ1v) is 7.30. The molecule has 2 rings (SSSR count). The molecule has 0 aliphatic rings. The van der Waals surface area contributed by atoms with Gasteiger partial charge in [-0.2, -0.15) is 0 Å². The Hall–Kier alpha value is -1.04. The van der Waals surface area contributed by atoms with Crippen molar-refractivity contribution in [2.24, 2.45) is 0 Å². The predicted molar refractivity (Wildman–Crippen MR) is 75.6 cm³/mol. The third-order valence-electron chi connectivity index (χ3n) is 2.79. The summed E-state index contributed by atoms with van der Waals surface area (Å²) in [5.41, 5.74) is 0.505. The van der Waals surface area contributed by atoms with Crippen LogP contribution in [0.5, 0.6) is 0 Å². The molecule has 0 amide bonds. The molecular weight excluding hydrogens is 265 g/mol. The molecule has 0 radical (unpaired) electrons. The van der Waals surface area contributed by atoms with E-state index in [0.717, 1.165) is 0 Å². The zero-order valence-corrected chi connectivity index (χ0v) is 12.3. The summed E-state index contributed by atoms with van der Waals surface area (Å²) in [5.74, 6) is 0.273. The van der Waals surface area contributed by atoms with E-state index >= 15 is 0 Å². The van der Waals surface area contributed by atoms with Crippen LogP contribution in [-0.2, 0) is 11.4 Å². The van der Waals surface area contributed by atoms with Crippen LogP contribution < -0.4 is 4.72 Å². The maximum atomic E-state index is 13.6. The van der Waals surface area contributed by atoms with Crippen LogP contribution in [-0.4, -0.2) is 9.30 Å². The number of nitrogens with one attached hydrogen (secondary N) is 1. The fourth-order valence-electron chi connectivity index (χ4n) is 1.65. The summed E-state index contributed by atoms with van der Waals surface area (Å²) in [6, 6.07) is 6.13. The van der Waals surface area contributed by atoms with Crippen LogP contribution in [0.4, 0.5) is 4.39 Å². The van der Waals surface area contributed by atoms with Crippen LogP contribution in [0.3, 0.4) is 0 Å². The second kappa shape index (κ2) is 5.15. The molecule has 0 unspecified atom stereocenters. The molecule has 2 aromatic rings. The van der Waals surface area contributed by atoms with Gasteiger partial charge in [0.25, 0.3) is 0 Å². The van der Waals surface area contributed by atoms with Crippen LogP contribution in [0.1, 0.15) is 39.5 Å². The molecule has 1 heterocycles. The van der Waals surface area contributed by atoms with Gasteiger partial charge in [0.1, 0.15) is 27.9 Å². The highest BCUT2D eigenvalue weighted by Gasteiger charge is 2.29. The van der Waals surface area contributed by atoms with E-state index in [4.69, 9.17) is 4.42 Å². The molecule has 1 aromatic heterocycles. The Bertz CT molecular complexity index is 576. The highest BCUT2D eigenvalue weighted by atomic mass is 32.2. The van der Waals surface area contributed by atoms with Gasteiger partial charge in [-0.15, -0.1) is 4.72 Å². The largest absolute Gasteiger partial charge is 0.598 e. The van der Waals surface area contributed by atoms with Gasteiger partial charge in [-0.05, 0) is 45.9 Å². The normalized spacial score (nSPS) is 15.7. The first kappa shape index (κ1) is 14.4. The summed E-state index contributed by atoms with van der Waals surface area (Å²) in [5, 5.41) is 0.452. The van der Waals surface area contributed by atoms with E-state index in [0.29, 0.717) is 16.7 Å². The number of benzene rings is 1. The standard InChI is InChI=1S/C14H18FNO2S/c1-9(16-19(17)14(2,3)4)13-8-10-11(15)6-5-7-12(10)18-13/h5-9,16H,1-4H3/t9-,19+/m1/s1. The quantitative estimate of drug-likeness (QED) is 0.874. The van der Waals surface area contributed by atoms with Gasteiger partial charge in [-0.3, -0.25) is 0 Å². The molecule has 0 bridgehead atoms. The Kier molecular flexibility index (Phi) is 3.90. The molecule has 1 aromatic carbocycles. The van der Waals surface area contributed by atoms with E-state index in [9.17, 15) is 8.94 Å². The molecule has 0 saturated heterocycles. The molecular formula is C14H18FNO2S. The van der Waals surface area contributed by atoms with Gasteiger partial charge < -0.3 is 8.97 Å². The van der Waals surface area contributed by atoms with E-state index < -0.39 is 11.4 Å². The smallest absolute Gasteiger partial charge is 0.137 e. The molecule has 5 heteroatoms. The van der Waals surface area contributed by atoms with Gasteiger partial charge in [0.05, 0.1) is 5.39 Å². The van der Waals surface area contributed by atoms with Gasteiger partial charge >= 0.3 is 0 Å². The van der Waals surface area contributed by atoms with Crippen LogP contribution in [0.25, 0.3) is 11.0 Å². The SMILES string of the molecule is C[C@@H](N[S@@+]([O-])C(C)(C)C)c1cc2c(F)cccc2o1. The first-order valence-electron chi connectivity index (χ1n) is 6.15. The number of halogens is 1. The van der Waals surface area contributed by atoms with Crippen molar-refractivity contribution in [3.8, 4) is 0 Å². The third kappa shape index (κ3) is 3.11. The Labute approximate surface area is 115 Å². The summed E-state index contributed by atoms with van der Waals surface area (Å²) in [6.07, 6.45) is 0. The van der Waals surface area contributed by atoms with Gasteiger partial charge in [-0.25, -0.2) is 4.39 Å². The van der Waals surface area contributed by atoms with Crippen LogP contribution in [0.15, 0.2) is 28.7 Å². The Morgan fingerprint density at radius 3 is 2.63 bits per heavy atom. The summed E-state index contributed by atoms with van der Waals surface area (Å²) in [7, 11) is 0. The summed E-state index contributed by atoms with van der Waals surface area (Å²) in [6.45, 7) is 7.52. The second-order valence-corrected chi connectivity index (χ2v) is 7.52. The van der Waals surface area contributed by atoms with Crippen LogP contribution >= 0.6 is 0 Å². The first-order chi connectivity index (χ1) is 8.79. The molecule has 2 atom stereocenters. The molecule has 0 spiro atoms. The van der Waals surface area contributed by atoms with Crippen molar-refractivity contribution in [2.75, 3.05) is 0 Å². The summed E-state index contributed by atoms with van der Waals surface area (Å²) < 4.78 is 33.8. The summed E-state index contributed by atoms with van der Waals surface area (Å²) in [4.78, 5) is 0. The van der Waals surface area contributed by atoms with Crippen molar-refractivity contribution >= 4 is 22.3 Å². The maximum Gasteiger partial charge on any atom is 0.137 e.